The third-order valence-electron chi connectivity index (χ3n) is 4.88. The Balaban J connectivity index is 1.73. The van der Waals surface area contributed by atoms with Gasteiger partial charge in [-0.3, -0.25) is 14.2 Å². The van der Waals surface area contributed by atoms with Crippen LogP contribution < -0.4 is 15.6 Å². The summed E-state index contributed by atoms with van der Waals surface area (Å²) in [5.74, 6) is 0.820. The van der Waals surface area contributed by atoms with Crippen LogP contribution in [0.1, 0.15) is 44.0 Å². The highest BCUT2D eigenvalue weighted by molar-refractivity contribution is 7.99. The molecule has 1 aromatic carbocycles. The lowest BCUT2D eigenvalue weighted by molar-refractivity contribution is -0.119. The first-order valence-corrected chi connectivity index (χ1v) is 11.1. The van der Waals surface area contributed by atoms with E-state index in [0.29, 0.717) is 22.7 Å². The topological polar surface area (TPSA) is 89.0 Å². The zero-order valence-corrected chi connectivity index (χ0v) is 18.6. The summed E-state index contributed by atoms with van der Waals surface area (Å²) in [4.78, 5) is 33.2. The molecule has 3 rings (SSSR count). The normalized spacial score (nSPS) is 12.1. The van der Waals surface area contributed by atoms with Crippen LogP contribution in [0.4, 0.5) is 0 Å². The summed E-state index contributed by atoms with van der Waals surface area (Å²) in [5.41, 5.74) is 2.93. The van der Waals surface area contributed by atoms with E-state index in [1.54, 1.807) is 11.7 Å². The third-order valence-corrected chi connectivity index (χ3v) is 5.85. The molecule has 0 aliphatic heterocycles. The molecule has 0 bridgehead atoms. The van der Waals surface area contributed by atoms with Gasteiger partial charge in [-0.05, 0) is 44.0 Å². The number of benzene rings is 1. The molecule has 3 aromatic rings. The van der Waals surface area contributed by atoms with E-state index in [1.165, 1.54) is 11.8 Å². The molecule has 0 radical (unpaired) electrons. The zero-order valence-electron chi connectivity index (χ0n) is 17.8. The average Bonchev–Trinajstić information content (AvgIpc) is 3.12. The van der Waals surface area contributed by atoms with Crippen molar-refractivity contribution in [3.8, 4) is 5.75 Å². The second kappa shape index (κ2) is 9.84. The Morgan fingerprint density at radius 2 is 2.17 bits per heavy atom. The van der Waals surface area contributed by atoms with E-state index in [0.717, 1.165) is 29.8 Å². The Morgan fingerprint density at radius 3 is 2.90 bits per heavy atom. The molecule has 2 N–H and O–H groups in total. The lowest BCUT2D eigenvalue weighted by Gasteiger charge is -2.16. The quantitative estimate of drug-likeness (QED) is 0.400. The monoisotopic (exact) mass is 428 g/mol. The van der Waals surface area contributed by atoms with E-state index in [4.69, 9.17) is 4.74 Å². The number of hydrogen-bond acceptors (Lipinski definition) is 5. The fourth-order valence-electron chi connectivity index (χ4n) is 3.24. The number of nitrogens with zero attached hydrogens (tertiary/aromatic N) is 2. The first kappa shape index (κ1) is 22.0. The molecule has 160 valence electrons. The van der Waals surface area contributed by atoms with E-state index in [2.05, 4.69) is 22.2 Å². The number of H-pyrrole nitrogens is 1. The first-order chi connectivity index (χ1) is 14.4. The van der Waals surface area contributed by atoms with Crippen molar-refractivity contribution in [2.75, 3.05) is 12.9 Å². The number of methoxy groups -OCH3 is 1. The van der Waals surface area contributed by atoms with Gasteiger partial charge in [-0.2, -0.15) is 0 Å². The molecule has 1 unspecified atom stereocenters. The number of nitrogens with one attached hydrogen (secondary N) is 2. The maximum Gasteiger partial charge on any atom is 0.278 e. The Morgan fingerprint density at radius 1 is 1.37 bits per heavy atom. The van der Waals surface area contributed by atoms with E-state index < -0.39 is 0 Å². The highest BCUT2D eigenvalue weighted by Gasteiger charge is 2.16. The van der Waals surface area contributed by atoms with Crippen LogP contribution in [0.5, 0.6) is 5.75 Å². The maximum atomic E-state index is 12.9. The summed E-state index contributed by atoms with van der Waals surface area (Å²) in [6.07, 6.45) is 1.84. The Hall–Kier alpha value is -2.74. The molecule has 30 heavy (non-hydrogen) atoms. The van der Waals surface area contributed by atoms with Crippen molar-refractivity contribution in [1.82, 2.24) is 19.9 Å². The molecule has 0 fully saturated rings. The second-order valence-electron chi connectivity index (χ2n) is 7.27. The van der Waals surface area contributed by atoms with Gasteiger partial charge in [0.05, 0.1) is 24.4 Å². The van der Waals surface area contributed by atoms with E-state index >= 15 is 0 Å². The number of rotatable bonds is 9. The van der Waals surface area contributed by atoms with Crippen LogP contribution in [0, 0.1) is 6.92 Å². The summed E-state index contributed by atoms with van der Waals surface area (Å²) in [7, 11) is 1.62. The minimum Gasteiger partial charge on any atom is -0.497 e. The van der Waals surface area contributed by atoms with Crippen LogP contribution in [0.3, 0.4) is 0 Å². The predicted molar refractivity (Wildman–Crippen MR) is 120 cm³/mol. The number of aryl methyl sites for hydroxylation is 1. The van der Waals surface area contributed by atoms with Crippen molar-refractivity contribution in [1.29, 1.82) is 0 Å². The van der Waals surface area contributed by atoms with Crippen molar-refractivity contribution < 1.29 is 9.53 Å². The van der Waals surface area contributed by atoms with Crippen LogP contribution in [0.25, 0.3) is 11.0 Å². The molecule has 7 nitrogen and oxygen atoms in total. The summed E-state index contributed by atoms with van der Waals surface area (Å²) in [5, 5.41) is 3.57. The Kier molecular flexibility index (Phi) is 7.20. The average molecular weight is 429 g/mol. The molecule has 0 aliphatic carbocycles. The van der Waals surface area contributed by atoms with Crippen molar-refractivity contribution in [3.63, 3.8) is 0 Å². The SMILES string of the molecule is CCCCn1c(SCC(=O)NC(C)c2cccc(OC)c2)nc2cc(C)[nH]c2c1=O. The maximum absolute atomic E-state index is 12.9. The molecule has 1 atom stereocenters. The van der Waals surface area contributed by atoms with Gasteiger partial charge in [0.2, 0.25) is 5.91 Å². The van der Waals surface area contributed by atoms with Crippen LogP contribution in [0.2, 0.25) is 0 Å². The molecule has 0 saturated heterocycles. The summed E-state index contributed by atoms with van der Waals surface area (Å²) < 4.78 is 6.92. The predicted octanol–water partition coefficient (Wildman–Crippen LogP) is 3.81. The van der Waals surface area contributed by atoms with E-state index in [1.807, 2.05) is 44.2 Å². The van der Waals surface area contributed by atoms with Crippen molar-refractivity contribution in [2.24, 2.45) is 0 Å². The Bertz CT molecular complexity index is 1090. The number of unbranched alkanes of at least 4 members (excludes halogenated alkanes) is 1. The molecule has 8 heteroatoms. The molecular weight excluding hydrogens is 400 g/mol. The number of aromatic nitrogens is 3. The molecule has 0 spiro atoms. The summed E-state index contributed by atoms with van der Waals surface area (Å²) in [6.45, 7) is 6.50. The summed E-state index contributed by atoms with van der Waals surface area (Å²) >= 11 is 1.29. The molecule has 0 aliphatic rings. The zero-order chi connectivity index (χ0) is 21.7. The fraction of sp³-hybridized carbons (Fsp3) is 0.409. The summed E-state index contributed by atoms with van der Waals surface area (Å²) in [6, 6.07) is 9.33. The molecule has 1 amide bonds. The van der Waals surface area contributed by atoms with Crippen molar-refractivity contribution in [3.05, 3.63) is 51.9 Å². The molecular formula is C22H28N4O3S. The molecule has 0 saturated carbocycles. The van der Waals surface area contributed by atoms with Gasteiger partial charge < -0.3 is 15.0 Å². The second-order valence-corrected chi connectivity index (χ2v) is 8.21. The minimum absolute atomic E-state index is 0.0887. The standard InChI is InChI=1S/C22H28N4O3S/c1-5-6-10-26-21(28)20-18(11-14(2)23-20)25-22(26)30-13-19(27)24-15(3)16-8-7-9-17(12-16)29-4/h7-9,11-12,15,23H,5-6,10,13H2,1-4H3,(H,24,27). The number of fused-ring (bicyclic) bond motifs is 1. The number of amides is 1. The van der Waals surface area contributed by atoms with Gasteiger partial charge >= 0.3 is 0 Å². The van der Waals surface area contributed by atoms with E-state index in [9.17, 15) is 9.59 Å². The van der Waals surface area contributed by atoms with Gasteiger partial charge in [0, 0.05) is 12.2 Å². The van der Waals surface area contributed by atoms with E-state index in [-0.39, 0.29) is 23.3 Å². The van der Waals surface area contributed by atoms with Gasteiger partial charge in [-0.15, -0.1) is 0 Å². The first-order valence-electron chi connectivity index (χ1n) is 10.1. The highest BCUT2D eigenvalue weighted by atomic mass is 32.2. The number of thioether (sulfide) groups is 1. The number of aromatic amines is 1. The number of hydrogen-bond donors (Lipinski definition) is 2. The molecule has 2 aromatic heterocycles. The van der Waals surface area contributed by atoms with Crippen molar-refractivity contribution in [2.45, 2.75) is 51.4 Å². The smallest absolute Gasteiger partial charge is 0.278 e. The van der Waals surface area contributed by atoms with Crippen LogP contribution >= 0.6 is 11.8 Å². The van der Waals surface area contributed by atoms with Crippen LogP contribution in [-0.2, 0) is 11.3 Å². The van der Waals surface area contributed by atoms with Crippen molar-refractivity contribution >= 4 is 28.7 Å². The van der Waals surface area contributed by atoms with Crippen LogP contribution in [-0.4, -0.2) is 33.3 Å². The van der Waals surface area contributed by atoms with Gasteiger partial charge in [-0.25, -0.2) is 4.98 Å². The number of carbonyl (C=O) groups excluding carboxylic acids is 1. The lowest BCUT2D eigenvalue weighted by atomic mass is 10.1. The largest absolute Gasteiger partial charge is 0.497 e. The van der Waals surface area contributed by atoms with Gasteiger partial charge in [0.15, 0.2) is 5.16 Å². The van der Waals surface area contributed by atoms with Crippen LogP contribution in [0.15, 0.2) is 40.3 Å². The molecule has 2 heterocycles. The number of carbonyl (C=O) groups is 1. The highest BCUT2D eigenvalue weighted by Crippen LogP contribution is 2.21. The minimum atomic E-state index is -0.154. The lowest BCUT2D eigenvalue weighted by Crippen LogP contribution is -2.29. The number of ether oxygens (including phenoxy) is 1. The van der Waals surface area contributed by atoms with Gasteiger partial charge in [-0.1, -0.05) is 37.2 Å². The third kappa shape index (κ3) is 5.05. The van der Waals surface area contributed by atoms with Gasteiger partial charge in [0.1, 0.15) is 11.3 Å². The fourth-order valence-corrected chi connectivity index (χ4v) is 4.08. The van der Waals surface area contributed by atoms with Gasteiger partial charge in [0.25, 0.3) is 5.56 Å². The Labute approximate surface area is 180 Å².